The summed E-state index contributed by atoms with van der Waals surface area (Å²) in [6, 6.07) is 11.9. The molecule has 10 heteroatoms. The molecule has 0 bridgehead atoms. The van der Waals surface area contributed by atoms with Crippen LogP contribution in [0.25, 0.3) is 21.3 Å². The van der Waals surface area contributed by atoms with Crippen molar-refractivity contribution in [3.63, 3.8) is 0 Å². The second-order valence-corrected chi connectivity index (χ2v) is 10.3. The van der Waals surface area contributed by atoms with E-state index in [1.807, 2.05) is 23.1 Å². The van der Waals surface area contributed by atoms with Crippen molar-refractivity contribution in [2.75, 3.05) is 5.73 Å². The molecule has 4 N–H and O–H groups in total. The highest BCUT2D eigenvalue weighted by Gasteiger charge is 2.54. The normalized spacial score (nSPS) is 20.9. The molecule has 0 unspecified atom stereocenters. The molecule has 1 aliphatic carbocycles. The molecule has 2 amide bonds. The smallest absolute Gasteiger partial charge is 0.274 e. The summed E-state index contributed by atoms with van der Waals surface area (Å²) in [7, 11) is 1.70. The Morgan fingerprint density at radius 2 is 2.00 bits per heavy atom. The van der Waals surface area contributed by atoms with Crippen molar-refractivity contribution in [1.29, 1.82) is 0 Å². The number of carbonyl (C=O) groups is 2. The Labute approximate surface area is 204 Å². The predicted molar refractivity (Wildman–Crippen MR) is 131 cm³/mol. The Morgan fingerprint density at radius 3 is 2.77 bits per heavy atom. The van der Waals surface area contributed by atoms with Gasteiger partial charge in [-0.1, -0.05) is 35.6 Å². The summed E-state index contributed by atoms with van der Waals surface area (Å²) in [4.78, 5) is 32.8. The Bertz CT molecular complexity index is 1510. The van der Waals surface area contributed by atoms with Crippen molar-refractivity contribution in [1.82, 2.24) is 19.7 Å². The van der Waals surface area contributed by atoms with Gasteiger partial charge < -0.3 is 16.4 Å². The molecule has 1 saturated heterocycles. The van der Waals surface area contributed by atoms with Gasteiger partial charge in [-0.3, -0.25) is 14.3 Å². The Hall–Kier alpha value is -3.79. The maximum Gasteiger partial charge on any atom is 0.274 e. The molecular weight excluding hydrogens is 467 g/mol. The highest BCUT2D eigenvalue weighted by atomic mass is 32.1. The van der Waals surface area contributed by atoms with Gasteiger partial charge in [0.05, 0.1) is 10.4 Å². The largest absolute Gasteiger partial charge is 0.375 e. The van der Waals surface area contributed by atoms with Gasteiger partial charge in [-0.15, -0.1) is 0 Å². The van der Waals surface area contributed by atoms with Gasteiger partial charge in [0.15, 0.2) is 5.13 Å². The number of hydrogen-bond acceptors (Lipinski definition) is 6. The molecule has 178 valence electrons. The van der Waals surface area contributed by atoms with Crippen LogP contribution in [0.1, 0.15) is 39.4 Å². The summed E-state index contributed by atoms with van der Waals surface area (Å²) in [5.41, 5.74) is 14.5. The molecule has 1 saturated carbocycles. The second-order valence-electron chi connectivity index (χ2n) is 9.26. The minimum absolute atomic E-state index is 0.0685. The van der Waals surface area contributed by atoms with Gasteiger partial charge in [0, 0.05) is 24.5 Å². The van der Waals surface area contributed by atoms with E-state index >= 15 is 0 Å². The number of aryl methyl sites for hydroxylation is 1. The molecule has 2 aromatic carbocycles. The summed E-state index contributed by atoms with van der Waals surface area (Å²) < 4.78 is 15.4. The van der Waals surface area contributed by atoms with E-state index in [9.17, 15) is 14.0 Å². The molecule has 1 aliphatic heterocycles. The zero-order chi connectivity index (χ0) is 24.4. The van der Waals surface area contributed by atoms with E-state index < -0.39 is 5.91 Å². The number of primary amides is 1. The van der Waals surface area contributed by atoms with Crippen LogP contribution >= 0.6 is 11.3 Å². The van der Waals surface area contributed by atoms with E-state index in [-0.39, 0.29) is 34.6 Å². The lowest BCUT2D eigenvalue weighted by molar-refractivity contribution is 0.0695. The highest BCUT2D eigenvalue weighted by molar-refractivity contribution is 7.19. The number of piperidine rings is 1. The van der Waals surface area contributed by atoms with Gasteiger partial charge >= 0.3 is 0 Å². The van der Waals surface area contributed by atoms with Crippen LogP contribution in [-0.4, -0.2) is 43.6 Å². The molecule has 2 aromatic heterocycles. The number of benzene rings is 2. The fraction of sp³-hybridized carbons (Fsp3) is 0.280. The number of anilines is 1. The maximum absolute atomic E-state index is 13.9. The summed E-state index contributed by atoms with van der Waals surface area (Å²) in [6.07, 6.45) is 2.39. The standard InChI is InChI=1S/C25H23FN6O2S/c1-31-21(23(27)33)19-12(4-3-7-17(19)30-31)9-16-10-14-11-18(14)32(16)24(34)20-22(35-25(28)29-20)13-5-2-6-15(26)8-13/h2-8,14,16,18H,9-11H2,1H3,(H2,27,33)(H2,28,29)/t14-,16-,18+/m1/s1. The third-order valence-corrected chi connectivity index (χ3v) is 7.95. The van der Waals surface area contributed by atoms with Crippen molar-refractivity contribution in [3.8, 4) is 10.4 Å². The van der Waals surface area contributed by atoms with Gasteiger partial charge in [0.2, 0.25) is 0 Å². The predicted octanol–water partition coefficient (Wildman–Crippen LogP) is 3.36. The van der Waals surface area contributed by atoms with Gasteiger partial charge in [-0.05, 0) is 54.5 Å². The van der Waals surface area contributed by atoms with Gasteiger partial charge in [-0.25, -0.2) is 9.37 Å². The van der Waals surface area contributed by atoms with Crippen molar-refractivity contribution < 1.29 is 14.0 Å². The van der Waals surface area contributed by atoms with Crippen molar-refractivity contribution in [2.45, 2.75) is 31.3 Å². The molecular formula is C25H23FN6O2S. The zero-order valence-corrected chi connectivity index (χ0v) is 19.8. The van der Waals surface area contributed by atoms with Gasteiger partial charge in [-0.2, -0.15) is 5.10 Å². The van der Waals surface area contributed by atoms with Crippen LogP contribution in [0.5, 0.6) is 0 Å². The van der Waals surface area contributed by atoms with E-state index in [0.29, 0.717) is 34.0 Å². The Balaban J connectivity index is 1.37. The van der Waals surface area contributed by atoms with Crippen LogP contribution < -0.4 is 11.5 Å². The van der Waals surface area contributed by atoms with E-state index in [2.05, 4.69) is 10.1 Å². The number of hydrogen-bond donors (Lipinski definition) is 2. The number of halogens is 1. The first kappa shape index (κ1) is 21.7. The molecule has 0 radical (unpaired) electrons. The third kappa shape index (κ3) is 3.56. The number of nitrogen functional groups attached to an aromatic ring is 1. The minimum atomic E-state index is -0.540. The van der Waals surface area contributed by atoms with E-state index in [1.165, 1.54) is 28.2 Å². The third-order valence-electron chi connectivity index (χ3n) is 7.01. The molecule has 0 spiro atoms. The molecule has 2 fully saturated rings. The van der Waals surface area contributed by atoms with Crippen LogP contribution in [-0.2, 0) is 13.5 Å². The summed E-state index contributed by atoms with van der Waals surface area (Å²) >= 11 is 1.18. The van der Waals surface area contributed by atoms with Crippen LogP contribution in [0.2, 0.25) is 0 Å². The van der Waals surface area contributed by atoms with E-state index in [0.717, 1.165) is 23.8 Å². The highest BCUT2D eigenvalue weighted by Crippen LogP contribution is 2.50. The molecule has 3 heterocycles. The quantitative estimate of drug-likeness (QED) is 0.444. The lowest BCUT2D eigenvalue weighted by Crippen LogP contribution is -2.40. The topological polar surface area (TPSA) is 120 Å². The van der Waals surface area contributed by atoms with Crippen molar-refractivity contribution in [2.24, 2.45) is 18.7 Å². The zero-order valence-electron chi connectivity index (χ0n) is 18.9. The lowest BCUT2D eigenvalue weighted by atomic mass is 9.97. The molecule has 6 rings (SSSR count). The van der Waals surface area contributed by atoms with Crippen LogP contribution in [0.3, 0.4) is 0 Å². The van der Waals surface area contributed by atoms with Crippen LogP contribution in [0.15, 0.2) is 42.5 Å². The second kappa shape index (κ2) is 7.88. The van der Waals surface area contributed by atoms with Crippen LogP contribution in [0.4, 0.5) is 9.52 Å². The van der Waals surface area contributed by atoms with E-state index in [4.69, 9.17) is 11.5 Å². The number of likely N-dealkylation sites (tertiary alicyclic amines) is 1. The summed E-state index contributed by atoms with van der Waals surface area (Å²) in [5.74, 6) is -0.673. The molecule has 8 nitrogen and oxygen atoms in total. The van der Waals surface area contributed by atoms with Gasteiger partial charge in [0.1, 0.15) is 17.2 Å². The number of fused-ring (bicyclic) bond motifs is 2. The molecule has 3 atom stereocenters. The Morgan fingerprint density at radius 1 is 1.20 bits per heavy atom. The average Bonchev–Trinajstić information content (AvgIpc) is 3.13. The number of nitrogens with two attached hydrogens (primary N) is 2. The molecule has 35 heavy (non-hydrogen) atoms. The number of thiazole rings is 1. The molecule has 2 aliphatic rings. The van der Waals surface area contributed by atoms with Crippen LogP contribution in [0, 0.1) is 11.7 Å². The van der Waals surface area contributed by atoms with Crippen molar-refractivity contribution in [3.05, 3.63) is 65.2 Å². The van der Waals surface area contributed by atoms with Crippen molar-refractivity contribution >= 4 is 39.2 Å². The fourth-order valence-electron chi connectivity index (χ4n) is 5.51. The Kier molecular flexibility index (Phi) is 4.89. The fourth-order valence-corrected chi connectivity index (χ4v) is 6.33. The summed E-state index contributed by atoms with van der Waals surface area (Å²) in [5, 5.41) is 5.43. The first-order chi connectivity index (χ1) is 16.8. The molecule has 4 aromatic rings. The SMILES string of the molecule is Cn1nc2cccc(C[C@@H]3C[C@@H]4C[C@@H]4N3C(=O)c3nc(N)sc3-c3cccc(F)c3)c2c1C(N)=O. The first-order valence-electron chi connectivity index (χ1n) is 11.4. The first-order valence-corrected chi connectivity index (χ1v) is 12.2. The number of amides is 2. The number of nitrogens with zero attached hydrogens (tertiary/aromatic N) is 4. The average molecular weight is 491 g/mol. The van der Waals surface area contributed by atoms with E-state index in [1.54, 1.807) is 19.2 Å². The number of aromatic nitrogens is 3. The monoisotopic (exact) mass is 490 g/mol. The maximum atomic E-state index is 13.9. The number of rotatable bonds is 5. The summed E-state index contributed by atoms with van der Waals surface area (Å²) in [6.45, 7) is 0. The lowest BCUT2D eigenvalue weighted by Gasteiger charge is -2.28. The van der Waals surface area contributed by atoms with Gasteiger partial charge in [0.25, 0.3) is 11.8 Å². The minimum Gasteiger partial charge on any atom is -0.375 e. The number of carbonyl (C=O) groups excluding carboxylic acids is 2.